The third-order valence-electron chi connectivity index (χ3n) is 4.58. The summed E-state index contributed by atoms with van der Waals surface area (Å²) in [6, 6.07) is 2.67. The van der Waals surface area contributed by atoms with E-state index in [-0.39, 0.29) is 0 Å². The number of thiophene rings is 1. The van der Waals surface area contributed by atoms with E-state index in [2.05, 4.69) is 23.3 Å². The highest BCUT2D eigenvalue weighted by Gasteiger charge is 2.30. The second-order valence-corrected chi connectivity index (χ2v) is 6.64. The average molecular weight is 262 g/mol. The molecule has 1 unspecified atom stereocenters. The highest BCUT2D eigenvalue weighted by Crippen LogP contribution is 2.35. The van der Waals surface area contributed by atoms with Gasteiger partial charge in [-0.05, 0) is 43.2 Å². The predicted octanol–water partition coefficient (Wildman–Crippen LogP) is 4.22. The molecule has 0 spiro atoms. The van der Waals surface area contributed by atoms with Crippen LogP contribution in [0.25, 0.3) is 0 Å². The Kier molecular flexibility index (Phi) is 3.42. The van der Waals surface area contributed by atoms with Gasteiger partial charge in [-0.15, -0.1) is 11.3 Å². The summed E-state index contributed by atoms with van der Waals surface area (Å²) in [5.41, 5.74) is 1.46. The van der Waals surface area contributed by atoms with E-state index in [1.165, 1.54) is 42.5 Å². The first-order chi connectivity index (χ1) is 8.77. The first-order valence-corrected chi connectivity index (χ1v) is 8.06. The van der Waals surface area contributed by atoms with Crippen LogP contribution >= 0.6 is 11.3 Å². The number of rotatable bonds is 1. The first-order valence-electron chi connectivity index (χ1n) is 7.18. The minimum atomic E-state index is 0.412. The fourth-order valence-corrected chi connectivity index (χ4v) is 4.41. The van der Waals surface area contributed by atoms with E-state index in [0.29, 0.717) is 12.0 Å². The standard InChI is InChI=1S/C15H22N2S/c1-11-13-8-10-18-14(13)7-9-17(11)15(16)12-5-3-2-4-6-12/h8,10-12,16H,2-7,9H2,1H3. The fourth-order valence-electron chi connectivity index (χ4n) is 3.45. The first kappa shape index (κ1) is 12.2. The lowest BCUT2D eigenvalue weighted by molar-refractivity contribution is 0.287. The molecule has 0 saturated heterocycles. The second-order valence-electron chi connectivity index (χ2n) is 5.64. The normalized spacial score (nSPS) is 24.9. The van der Waals surface area contributed by atoms with Crippen LogP contribution in [0.4, 0.5) is 0 Å². The van der Waals surface area contributed by atoms with Gasteiger partial charge in [0, 0.05) is 17.3 Å². The van der Waals surface area contributed by atoms with E-state index < -0.39 is 0 Å². The molecule has 2 nitrogen and oxygen atoms in total. The molecule has 1 saturated carbocycles. The highest BCUT2D eigenvalue weighted by molar-refractivity contribution is 7.10. The minimum Gasteiger partial charge on any atom is -0.353 e. The van der Waals surface area contributed by atoms with Gasteiger partial charge in [-0.2, -0.15) is 0 Å². The van der Waals surface area contributed by atoms with Crippen LogP contribution in [-0.4, -0.2) is 17.3 Å². The molecule has 3 rings (SSSR count). The Morgan fingerprint density at radius 2 is 2.11 bits per heavy atom. The molecule has 3 heteroatoms. The van der Waals surface area contributed by atoms with Gasteiger partial charge in [0.25, 0.3) is 0 Å². The van der Waals surface area contributed by atoms with E-state index in [1.807, 2.05) is 11.3 Å². The number of fused-ring (bicyclic) bond motifs is 1. The number of nitrogens with zero attached hydrogens (tertiary/aromatic N) is 1. The fraction of sp³-hybridized carbons (Fsp3) is 0.667. The van der Waals surface area contributed by atoms with Gasteiger partial charge in [0.05, 0.1) is 11.9 Å². The molecule has 2 aliphatic rings. The van der Waals surface area contributed by atoms with Crippen LogP contribution in [-0.2, 0) is 6.42 Å². The number of hydrogen-bond donors (Lipinski definition) is 1. The lowest BCUT2D eigenvalue weighted by Gasteiger charge is -2.39. The number of nitrogens with one attached hydrogen (secondary N) is 1. The lowest BCUT2D eigenvalue weighted by atomic mass is 9.86. The molecule has 18 heavy (non-hydrogen) atoms. The van der Waals surface area contributed by atoms with Gasteiger partial charge < -0.3 is 4.90 Å². The maximum absolute atomic E-state index is 8.53. The zero-order chi connectivity index (χ0) is 12.5. The maximum Gasteiger partial charge on any atom is 0.0994 e. The van der Waals surface area contributed by atoms with Crippen molar-refractivity contribution in [3.63, 3.8) is 0 Å². The molecular weight excluding hydrogens is 240 g/mol. The van der Waals surface area contributed by atoms with Crippen LogP contribution in [0.5, 0.6) is 0 Å². The van der Waals surface area contributed by atoms with Crippen molar-refractivity contribution in [3.05, 3.63) is 21.9 Å². The molecule has 1 aromatic heterocycles. The molecule has 0 radical (unpaired) electrons. The molecule has 98 valence electrons. The number of hydrogen-bond acceptors (Lipinski definition) is 2. The average Bonchev–Trinajstić information content (AvgIpc) is 2.89. The summed E-state index contributed by atoms with van der Waals surface area (Å²) in [5.74, 6) is 1.44. The molecule has 1 N–H and O–H groups in total. The van der Waals surface area contributed by atoms with E-state index in [1.54, 1.807) is 0 Å². The van der Waals surface area contributed by atoms with Crippen molar-refractivity contribution in [1.29, 1.82) is 5.41 Å². The van der Waals surface area contributed by atoms with Crippen molar-refractivity contribution in [3.8, 4) is 0 Å². The maximum atomic E-state index is 8.53. The van der Waals surface area contributed by atoms with Gasteiger partial charge >= 0.3 is 0 Å². The predicted molar refractivity (Wildman–Crippen MR) is 77.4 cm³/mol. The van der Waals surface area contributed by atoms with Gasteiger partial charge in [0.15, 0.2) is 0 Å². The lowest BCUT2D eigenvalue weighted by Crippen LogP contribution is -2.41. The quantitative estimate of drug-likeness (QED) is 0.595. The minimum absolute atomic E-state index is 0.412. The molecule has 1 aliphatic carbocycles. The van der Waals surface area contributed by atoms with Gasteiger partial charge in [0.2, 0.25) is 0 Å². The Labute approximate surface area is 114 Å². The third-order valence-corrected chi connectivity index (χ3v) is 5.58. The Morgan fingerprint density at radius 1 is 1.33 bits per heavy atom. The van der Waals surface area contributed by atoms with E-state index in [4.69, 9.17) is 5.41 Å². The zero-order valence-corrected chi connectivity index (χ0v) is 11.9. The van der Waals surface area contributed by atoms with Gasteiger partial charge in [-0.1, -0.05) is 19.3 Å². The Hall–Kier alpha value is -0.830. The van der Waals surface area contributed by atoms with Gasteiger partial charge in [-0.25, -0.2) is 0 Å². The van der Waals surface area contributed by atoms with Crippen molar-refractivity contribution < 1.29 is 0 Å². The smallest absolute Gasteiger partial charge is 0.0994 e. The Morgan fingerprint density at radius 3 is 2.89 bits per heavy atom. The molecular formula is C15H22N2S. The SMILES string of the molecule is CC1c2ccsc2CCN1C(=N)C1CCCCC1. The summed E-state index contributed by atoms with van der Waals surface area (Å²) in [6.45, 7) is 3.31. The van der Waals surface area contributed by atoms with Crippen LogP contribution in [0.15, 0.2) is 11.4 Å². The molecule has 0 amide bonds. The van der Waals surface area contributed by atoms with Crippen LogP contribution < -0.4 is 0 Å². The number of amidine groups is 1. The Balaban J connectivity index is 1.75. The molecule has 1 aromatic rings. The summed E-state index contributed by atoms with van der Waals surface area (Å²) >= 11 is 1.88. The van der Waals surface area contributed by atoms with Crippen LogP contribution in [0.2, 0.25) is 0 Å². The van der Waals surface area contributed by atoms with Crippen molar-refractivity contribution in [2.45, 2.75) is 51.5 Å². The van der Waals surface area contributed by atoms with Crippen LogP contribution in [0, 0.1) is 11.3 Å². The molecule has 1 atom stereocenters. The van der Waals surface area contributed by atoms with E-state index in [9.17, 15) is 0 Å². The molecule has 1 aliphatic heterocycles. The Bertz CT molecular complexity index is 431. The second kappa shape index (κ2) is 5.04. The summed E-state index contributed by atoms with van der Waals surface area (Å²) in [7, 11) is 0. The largest absolute Gasteiger partial charge is 0.353 e. The van der Waals surface area contributed by atoms with Crippen molar-refractivity contribution in [2.24, 2.45) is 5.92 Å². The summed E-state index contributed by atoms with van der Waals surface area (Å²) in [4.78, 5) is 3.89. The third kappa shape index (κ3) is 2.09. The zero-order valence-electron chi connectivity index (χ0n) is 11.1. The highest BCUT2D eigenvalue weighted by atomic mass is 32.1. The van der Waals surface area contributed by atoms with Crippen LogP contribution in [0.3, 0.4) is 0 Å². The molecule has 0 aromatic carbocycles. The monoisotopic (exact) mass is 262 g/mol. The van der Waals surface area contributed by atoms with Crippen molar-refractivity contribution in [2.75, 3.05) is 6.54 Å². The van der Waals surface area contributed by atoms with E-state index in [0.717, 1.165) is 18.8 Å². The van der Waals surface area contributed by atoms with Gasteiger partial charge in [0.1, 0.15) is 0 Å². The van der Waals surface area contributed by atoms with Gasteiger partial charge in [-0.3, -0.25) is 5.41 Å². The summed E-state index contributed by atoms with van der Waals surface area (Å²) in [5, 5.41) is 10.7. The van der Waals surface area contributed by atoms with E-state index >= 15 is 0 Å². The van der Waals surface area contributed by atoms with Crippen molar-refractivity contribution >= 4 is 17.2 Å². The van der Waals surface area contributed by atoms with Crippen molar-refractivity contribution in [1.82, 2.24) is 4.90 Å². The summed E-state index contributed by atoms with van der Waals surface area (Å²) < 4.78 is 0. The molecule has 0 bridgehead atoms. The topological polar surface area (TPSA) is 27.1 Å². The van der Waals surface area contributed by atoms with Crippen LogP contribution in [0.1, 0.15) is 55.5 Å². The summed E-state index contributed by atoms with van der Waals surface area (Å²) in [6.07, 6.45) is 7.61. The molecule has 2 heterocycles. The molecule has 1 fully saturated rings.